The van der Waals surface area contributed by atoms with Gasteiger partial charge < -0.3 is 0 Å². The standard InChI is InChI=1S/C23H37FO3S/c1-3-4-5-6-7-8-9-10-11-12-13-14-15-22(24)20-27-28(25,26)23-18-16-21(2)17-19-23/h15-19H,3-14,20H2,1-2H3. The van der Waals surface area contributed by atoms with Gasteiger partial charge in [0.2, 0.25) is 0 Å². The minimum Gasteiger partial charge on any atom is -0.259 e. The number of halogens is 1. The van der Waals surface area contributed by atoms with Gasteiger partial charge in [0, 0.05) is 0 Å². The van der Waals surface area contributed by atoms with Gasteiger partial charge in [-0.25, -0.2) is 4.39 Å². The summed E-state index contributed by atoms with van der Waals surface area (Å²) >= 11 is 0. The number of allylic oxidation sites excluding steroid dienone is 1. The maximum absolute atomic E-state index is 13.8. The van der Waals surface area contributed by atoms with E-state index in [2.05, 4.69) is 6.92 Å². The zero-order chi connectivity index (χ0) is 20.7. The lowest BCUT2D eigenvalue weighted by Gasteiger charge is -2.05. The van der Waals surface area contributed by atoms with Crippen molar-refractivity contribution < 1.29 is 17.0 Å². The van der Waals surface area contributed by atoms with Crippen LogP contribution < -0.4 is 0 Å². The van der Waals surface area contributed by atoms with Gasteiger partial charge in [-0.05, 0) is 31.9 Å². The normalized spacial score (nSPS) is 12.5. The van der Waals surface area contributed by atoms with Crippen LogP contribution in [0.3, 0.4) is 0 Å². The Morgan fingerprint density at radius 1 is 0.893 bits per heavy atom. The first-order chi connectivity index (χ1) is 13.5. The highest BCUT2D eigenvalue weighted by molar-refractivity contribution is 7.86. The van der Waals surface area contributed by atoms with Crippen molar-refractivity contribution in [1.29, 1.82) is 0 Å². The third-order valence-electron chi connectivity index (χ3n) is 4.84. The SMILES string of the molecule is CCCCCCCCCCCCCC=C(F)COS(=O)(=O)c1ccc(C)cc1. The molecule has 0 saturated heterocycles. The first-order valence-corrected chi connectivity index (χ1v) is 12.2. The molecule has 0 radical (unpaired) electrons. The Morgan fingerprint density at radius 2 is 1.39 bits per heavy atom. The number of unbranched alkanes of at least 4 members (excludes halogenated alkanes) is 11. The molecule has 0 fully saturated rings. The fraction of sp³-hybridized carbons (Fsp3) is 0.652. The van der Waals surface area contributed by atoms with E-state index in [-0.39, 0.29) is 4.90 Å². The highest BCUT2D eigenvalue weighted by atomic mass is 32.2. The molecule has 0 atom stereocenters. The molecule has 5 heteroatoms. The van der Waals surface area contributed by atoms with Gasteiger partial charge in [-0.1, -0.05) is 94.9 Å². The van der Waals surface area contributed by atoms with Crippen molar-refractivity contribution in [3.8, 4) is 0 Å². The molecule has 1 aromatic carbocycles. The zero-order valence-electron chi connectivity index (χ0n) is 17.6. The summed E-state index contributed by atoms with van der Waals surface area (Å²) in [5.41, 5.74) is 0.956. The third kappa shape index (κ3) is 11.6. The summed E-state index contributed by atoms with van der Waals surface area (Å²) in [6.07, 6.45) is 15.8. The van der Waals surface area contributed by atoms with E-state index < -0.39 is 22.6 Å². The molecule has 0 spiro atoms. The van der Waals surface area contributed by atoms with Crippen molar-refractivity contribution in [3.05, 3.63) is 41.7 Å². The molecule has 0 N–H and O–H groups in total. The minimum atomic E-state index is -3.91. The van der Waals surface area contributed by atoms with Crippen LogP contribution in [0.1, 0.15) is 89.5 Å². The van der Waals surface area contributed by atoms with E-state index in [9.17, 15) is 12.8 Å². The maximum atomic E-state index is 13.8. The summed E-state index contributed by atoms with van der Waals surface area (Å²) in [6, 6.07) is 6.32. The van der Waals surface area contributed by atoms with Crippen LogP contribution in [0.15, 0.2) is 41.1 Å². The fourth-order valence-electron chi connectivity index (χ4n) is 3.03. The number of hydrogen-bond donors (Lipinski definition) is 0. The van der Waals surface area contributed by atoms with Gasteiger partial charge >= 0.3 is 0 Å². The molecule has 160 valence electrons. The van der Waals surface area contributed by atoms with Crippen molar-refractivity contribution >= 4 is 10.1 Å². The van der Waals surface area contributed by atoms with Gasteiger partial charge in [-0.2, -0.15) is 8.42 Å². The van der Waals surface area contributed by atoms with Crippen molar-refractivity contribution in [3.63, 3.8) is 0 Å². The minimum absolute atomic E-state index is 0.0521. The van der Waals surface area contributed by atoms with E-state index in [0.717, 1.165) is 18.4 Å². The number of hydrogen-bond acceptors (Lipinski definition) is 3. The van der Waals surface area contributed by atoms with E-state index in [1.165, 1.54) is 76.0 Å². The molecule has 0 unspecified atom stereocenters. The smallest absolute Gasteiger partial charge is 0.259 e. The maximum Gasteiger partial charge on any atom is 0.297 e. The summed E-state index contributed by atoms with van der Waals surface area (Å²) in [5, 5.41) is 0. The quantitative estimate of drug-likeness (QED) is 0.212. The molecule has 0 bridgehead atoms. The Morgan fingerprint density at radius 3 is 1.93 bits per heavy atom. The zero-order valence-corrected chi connectivity index (χ0v) is 18.4. The summed E-state index contributed by atoms with van der Waals surface area (Å²) in [7, 11) is -3.91. The lowest BCUT2D eigenvalue weighted by molar-refractivity contribution is 0.318. The van der Waals surface area contributed by atoms with Crippen molar-refractivity contribution in [2.24, 2.45) is 0 Å². The monoisotopic (exact) mass is 412 g/mol. The molecule has 3 nitrogen and oxygen atoms in total. The Hall–Kier alpha value is -1.20. The van der Waals surface area contributed by atoms with Crippen LogP contribution in [0, 0.1) is 6.92 Å². The highest BCUT2D eigenvalue weighted by Gasteiger charge is 2.15. The molecule has 0 aliphatic heterocycles. The van der Waals surface area contributed by atoms with Gasteiger partial charge in [0.15, 0.2) is 0 Å². The molecule has 0 amide bonds. The molecule has 0 aliphatic carbocycles. The van der Waals surface area contributed by atoms with Crippen LogP contribution in [0.4, 0.5) is 4.39 Å². The van der Waals surface area contributed by atoms with Gasteiger partial charge in [0.05, 0.1) is 4.90 Å². The first-order valence-electron chi connectivity index (χ1n) is 10.8. The summed E-state index contributed by atoms with van der Waals surface area (Å²) in [4.78, 5) is 0.0521. The van der Waals surface area contributed by atoms with Crippen LogP contribution in [0.25, 0.3) is 0 Å². The van der Waals surface area contributed by atoms with Crippen LogP contribution in [0.5, 0.6) is 0 Å². The van der Waals surface area contributed by atoms with Crippen LogP contribution in [-0.4, -0.2) is 15.0 Å². The van der Waals surface area contributed by atoms with E-state index in [1.807, 2.05) is 6.92 Å². The second-order valence-corrected chi connectivity index (χ2v) is 9.12. The number of benzene rings is 1. The Kier molecular flexibility index (Phi) is 13.1. The lowest BCUT2D eigenvalue weighted by atomic mass is 10.1. The van der Waals surface area contributed by atoms with Crippen molar-refractivity contribution in [2.45, 2.75) is 95.8 Å². The summed E-state index contributed by atoms with van der Waals surface area (Å²) in [5.74, 6) is -0.525. The average molecular weight is 413 g/mol. The molecule has 1 rings (SSSR count). The Balaban J connectivity index is 2.08. The van der Waals surface area contributed by atoms with Crippen molar-refractivity contribution in [1.82, 2.24) is 0 Å². The number of aryl methyl sites for hydroxylation is 1. The van der Waals surface area contributed by atoms with Gasteiger partial charge in [-0.15, -0.1) is 0 Å². The topological polar surface area (TPSA) is 43.4 Å². The van der Waals surface area contributed by atoms with E-state index in [4.69, 9.17) is 4.18 Å². The predicted octanol–water partition coefficient (Wildman–Crippen LogP) is 7.25. The molecule has 28 heavy (non-hydrogen) atoms. The summed E-state index contributed by atoms with van der Waals surface area (Å²) in [6.45, 7) is 3.57. The lowest BCUT2D eigenvalue weighted by Crippen LogP contribution is -2.08. The fourth-order valence-corrected chi connectivity index (χ4v) is 3.91. The summed E-state index contributed by atoms with van der Waals surface area (Å²) < 4.78 is 42.6. The van der Waals surface area contributed by atoms with Crippen LogP contribution >= 0.6 is 0 Å². The second kappa shape index (κ2) is 14.7. The predicted molar refractivity (Wildman–Crippen MR) is 115 cm³/mol. The van der Waals surface area contributed by atoms with Gasteiger partial charge in [0.25, 0.3) is 10.1 Å². The third-order valence-corrected chi connectivity index (χ3v) is 6.11. The van der Waals surface area contributed by atoms with Gasteiger partial charge in [-0.3, -0.25) is 4.18 Å². The van der Waals surface area contributed by atoms with Gasteiger partial charge in [0.1, 0.15) is 12.4 Å². The molecule has 0 aliphatic rings. The van der Waals surface area contributed by atoms with E-state index >= 15 is 0 Å². The first kappa shape index (κ1) is 24.8. The van der Waals surface area contributed by atoms with Crippen LogP contribution in [0.2, 0.25) is 0 Å². The molecular formula is C23H37FO3S. The Bertz CT molecular complexity index is 651. The number of rotatable bonds is 16. The van der Waals surface area contributed by atoms with E-state index in [1.54, 1.807) is 12.1 Å². The Labute approximate surface area is 171 Å². The molecule has 0 saturated carbocycles. The average Bonchev–Trinajstić information content (AvgIpc) is 2.67. The van der Waals surface area contributed by atoms with Crippen LogP contribution in [-0.2, 0) is 14.3 Å². The second-order valence-electron chi connectivity index (χ2n) is 7.50. The largest absolute Gasteiger partial charge is 0.297 e. The van der Waals surface area contributed by atoms with E-state index in [0.29, 0.717) is 6.42 Å². The molecule has 1 aromatic rings. The molecule has 0 aromatic heterocycles. The highest BCUT2D eigenvalue weighted by Crippen LogP contribution is 2.16. The molecular weight excluding hydrogens is 375 g/mol. The molecule has 0 heterocycles. The van der Waals surface area contributed by atoms with Crippen molar-refractivity contribution in [2.75, 3.05) is 6.61 Å².